The molecule has 2 amide bonds. The number of hydrogen-bond donors (Lipinski definition) is 1. The molecule has 4 heterocycles. The smallest absolute Gasteiger partial charge is 0.256 e. The molecule has 1 N–H and O–H groups in total. The Kier molecular flexibility index (Phi) is 4.77. The summed E-state index contributed by atoms with van der Waals surface area (Å²) in [6, 6.07) is 5.59. The third-order valence-electron chi connectivity index (χ3n) is 5.19. The Balaban J connectivity index is 1.61. The van der Waals surface area contributed by atoms with Gasteiger partial charge in [0.2, 0.25) is 0 Å². The first kappa shape index (κ1) is 18.1. The molecule has 1 aliphatic heterocycles. The fourth-order valence-corrected chi connectivity index (χ4v) is 3.69. The molecule has 0 unspecified atom stereocenters. The summed E-state index contributed by atoms with van der Waals surface area (Å²) in [6.45, 7) is 3.22. The van der Waals surface area contributed by atoms with Gasteiger partial charge in [-0.25, -0.2) is 9.50 Å². The highest BCUT2D eigenvalue weighted by Gasteiger charge is 2.28. The van der Waals surface area contributed by atoms with E-state index in [0.717, 1.165) is 30.8 Å². The van der Waals surface area contributed by atoms with Gasteiger partial charge in [0.1, 0.15) is 5.56 Å². The van der Waals surface area contributed by atoms with Gasteiger partial charge in [-0.2, -0.15) is 5.10 Å². The second kappa shape index (κ2) is 7.38. The largest absolute Gasteiger partial charge is 0.355 e. The van der Waals surface area contributed by atoms with Gasteiger partial charge in [-0.1, -0.05) is 0 Å². The molecule has 4 rings (SSSR count). The van der Waals surface area contributed by atoms with Gasteiger partial charge in [-0.15, -0.1) is 0 Å². The third-order valence-corrected chi connectivity index (χ3v) is 5.19. The van der Waals surface area contributed by atoms with Crippen molar-refractivity contribution in [3.05, 3.63) is 59.3 Å². The molecule has 0 radical (unpaired) electrons. The number of nitrogens with one attached hydrogen (secondary N) is 1. The monoisotopic (exact) mass is 378 g/mol. The van der Waals surface area contributed by atoms with E-state index in [1.54, 1.807) is 24.0 Å². The van der Waals surface area contributed by atoms with E-state index in [4.69, 9.17) is 0 Å². The molecule has 8 nitrogen and oxygen atoms in total. The number of carbonyl (C=O) groups is 2. The van der Waals surface area contributed by atoms with Gasteiger partial charge in [0.25, 0.3) is 11.8 Å². The van der Waals surface area contributed by atoms with E-state index in [2.05, 4.69) is 20.4 Å². The van der Waals surface area contributed by atoms with Crippen LogP contribution in [0.3, 0.4) is 0 Å². The van der Waals surface area contributed by atoms with Crippen LogP contribution in [0.2, 0.25) is 0 Å². The lowest BCUT2D eigenvalue weighted by atomic mass is 9.94. The minimum atomic E-state index is -0.216. The van der Waals surface area contributed by atoms with Gasteiger partial charge in [0, 0.05) is 44.1 Å². The number of nitrogens with zero attached hydrogens (tertiary/aromatic N) is 5. The van der Waals surface area contributed by atoms with Crippen LogP contribution in [0.1, 0.15) is 50.9 Å². The van der Waals surface area contributed by atoms with Crippen LogP contribution in [0.25, 0.3) is 5.65 Å². The second-order valence-electron chi connectivity index (χ2n) is 7.02. The lowest BCUT2D eigenvalue weighted by Gasteiger charge is -2.33. The van der Waals surface area contributed by atoms with Crippen molar-refractivity contribution < 1.29 is 9.59 Å². The average molecular weight is 378 g/mol. The SMILES string of the molecule is CNC(=O)c1cnn2c([C@H]3CCCN(C(=O)c4ccc(C)nc4)C3)ccnc12. The Labute approximate surface area is 162 Å². The Hall–Kier alpha value is -3.29. The zero-order valence-electron chi connectivity index (χ0n) is 15.9. The molecule has 0 aromatic carbocycles. The van der Waals surface area contributed by atoms with Crippen LogP contribution < -0.4 is 5.32 Å². The first-order valence-electron chi connectivity index (χ1n) is 9.35. The standard InChI is InChI=1S/C20H22N6O2/c1-13-5-6-14(10-23-13)20(28)25-9-3-4-15(12-25)17-7-8-22-18-16(19(27)21-2)11-24-26(17)18/h5-8,10-11,15H,3-4,9,12H2,1-2H3,(H,21,27)/t15-/m0/s1. The van der Waals surface area contributed by atoms with Crippen molar-refractivity contribution in [2.24, 2.45) is 0 Å². The molecule has 1 fully saturated rings. The first-order valence-corrected chi connectivity index (χ1v) is 9.35. The Morgan fingerprint density at radius 2 is 2.04 bits per heavy atom. The highest BCUT2D eigenvalue weighted by molar-refractivity contribution is 5.99. The van der Waals surface area contributed by atoms with Gasteiger partial charge < -0.3 is 10.2 Å². The zero-order valence-corrected chi connectivity index (χ0v) is 15.9. The molecule has 144 valence electrons. The first-order chi connectivity index (χ1) is 13.6. The quantitative estimate of drug-likeness (QED) is 0.750. The van der Waals surface area contributed by atoms with Gasteiger partial charge in [-0.05, 0) is 38.0 Å². The minimum absolute atomic E-state index is 0.00554. The van der Waals surface area contributed by atoms with E-state index in [1.807, 2.05) is 30.0 Å². The number of rotatable bonds is 3. The van der Waals surface area contributed by atoms with Crippen LogP contribution in [0.15, 0.2) is 36.8 Å². The number of aromatic nitrogens is 4. The summed E-state index contributed by atoms with van der Waals surface area (Å²) in [5, 5.41) is 6.99. The zero-order chi connectivity index (χ0) is 19.7. The number of fused-ring (bicyclic) bond motifs is 1. The number of pyridine rings is 1. The topological polar surface area (TPSA) is 92.5 Å². The van der Waals surface area contributed by atoms with Crippen molar-refractivity contribution >= 4 is 17.5 Å². The molecular weight excluding hydrogens is 356 g/mol. The molecule has 28 heavy (non-hydrogen) atoms. The lowest BCUT2D eigenvalue weighted by molar-refractivity contribution is 0.0704. The van der Waals surface area contributed by atoms with Crippen molar-refractivity contribution in [2.45, 2.75) is 25.7 Å². The van der Waals surface area contributed by atoms with Crippen LogP contribution in [0, 0.1) is 6.92 Å². The van der Waals surface area contributed by atoms with Crippen molar-refractivity contribution in [3.8, 4) is 0 Å². The van der Waals surface area contributed by atoms with Gasteiger partial charge >= 0.3 is 0 Å². The van der Waals surface area contributed by atoms with E-state index in [-0.39, 0.29) is 17.7 Å². The van der Waals surface area contributed by atoms with E-state index < -0.39 is 0 Å². The normalized spacial score (nSPS) is 16.9. The van der Waals surface area contributed by atoms with Crippen molar-refractivity contribution in [2.75, 3.05) is 20.1 Å². The van der Waals surface area contributed by atoms with E-state index in [0.29, 0.717) is 23.3 Å². The Morgan fingerprint density at radius 1 is 1.18 bits per heavy atom. The fourth-order valence-electron chi connectivity index (χ4n) is 3.69. The predicted molar refractivity (Wildman–Crippen MR) is 103 cm³/mol. The average Bonchev–Trinajstić information content (AvgIpc) is 3.17. The highest BCUT2D eigenvalue weighted by Crippen LogP contribution is 2.28. The summed E-state index contributed by atoms with van der Waals surface area (Å²) in [7, 11) is 1.58. The summed E-state index contributed by atoms with van der Waals surface area (Å²) >= 11 is 0. The van der Waals surface area contributed by atoms with Crippen molar-refractivity contribution in [3.63, 3.8) is 0 Å². The van der Waals surface area contributed by atoms with Gasteiger partial charge in [0.05, 0.1) is 17.5 Å². The maximum Gasteiger partial charge on any atom is 0.256 e. The molecule has 1 atom stereocenters. The maximum atomic E-state index is 12.9. The molecule has 0 saturated carbocycles. The van der Waals surface area contributed by atoms with Crippen LogP contribution in [0.5, 0.6) is 0 Å². The molecule has 0 spiro atoms. The predicted octanol–water partition coefficient (Wildman–Crippen LogP) is 1.81. The summed E-state index contributed by atoms with van der Waals surface area (Å²) < 4.78 is 1.72. The second-order valence-corrected chi connectivity index (χ2v) is 7.02. The molecule has 3 aromatic rings. The number of piperidine rings is 1. The van der Waals surface area contributed by atoms with Crippen LogP contribution in [0.4, 0.5) is 0 Å². The van der Waals surface area contributed by atoms with E-state index >= 15 is 0 Å². The summed E-state index contributed by atoms with van der Waals surface area (Å²) in [5.74, 6) is -0.0972. The highest BCUT2D eigenvalue weighted by atomic mass is 16.2. The van der Waals surface area contributed by atoms with Gasteiger partial charge in [-0.3, -0.25) is 14.6 Å². The van der Waals surface area contributed by atoms with Crippen LogP contribution in [-0.2, 0) is 0 Å². The lowest BCUT2D eigenvalue weighted by Crippen LogP contribution is -2.39. The summed E-state index contributed by atoms with van der Waals surface area (Å²) in [5.41, 5.74) is 3.42. The molecule has 0 bridgehead atoms. The Bertz CT molecular complexity index is 1030. The molecule has 8 heteroatoms. The number of likely N-dealkylation sites (tertiary alicyclic amines) is 1. The Morgan fingerprint density at radius 3 is 2.79 bits per heavy atom. The maximum absolute atomic E-state index is 12.9. The van der Waals surface area contributed by atoms with Crippen LogP contribution >= 0.6 is 0 Å². The van der Waals surface area contributed by atoms with Crippen molar-refractivity contribution in [1.82, 2.24) is 29.8 Å². The van der Waals surface area contributed by atoms with E-state index in [9.17, 15) is 9.59 Å². The number of aryl methyl sites for hydroxylation is 1. The van der Waals surface area contributed by atoms with E-state index in [1.165, 1.54) is 6.20 Å². The third kappa shape index (κ3) is 3.21. The fraction of sp³-hybridized carbons (Fsp3) is 0.350. The van der Waals surface area contributed by atoms with Crippen molar-refractivity contribution in [1.29, 1.82) is 0 Å². The van der Waals surface area contributed by atoms with Crippen LogP contribution in [-0.4, -0.2) is 56.4 Å². The summed E-state index contributed by atoms with van der Waals surface area (Å²) in [4.78, 5) is 35.3. The number of carbonyl (C=O) groups excluding carboxylic acids is 2. The minimum Gasteiger partial charge on any atom is -0.355 e. The molecule has 3 aromatic heterocycles. The summed E-state index contributed by atoms with van der Waals surface area (Å²) in [6.07, 6.45) is 6.72. The number of hydrogen-bond acceptors (Lipinski definition) is 5. The molecule has 1 saturated heterocycles. The van der Waals surface area contributed by atoms with Gasteiger partial charge in [0.15, 0.2) is 5.65 Å². The molecule has 0 aliphatic carbocycles. The molecular formula is C20H22N6O2. The molecule has 1 aliphatic rings. The number of amides is 2.